The minimum Gasteiger partial charge on any atom is -0.483 e. The third kappa shape index (κ3) is 5.78. The monoisotopic (exact) mass is 535 g/mol. The Morgan fingerprint density at radius 1 is 1.10 bits per heavy atom. The number of carbonyl (C=O) groups excluding carboxylic acids is 1. The third-order valence-corrected chi connectivity index (χ3v) is 8.73. The molecule has 1 atom stereocenters. The summed E-state index contributed by atoms with van der Waals surface area (Å²) < 4.78 is 32.1. The first-order valence-corrected chi connectivity index (χ1v) is 14.6. The molecule has 0 aromatic heterocycles. The van der Waals surface area contributed by atoms with Crippen LogP contribution in [0, 0.1) is 5.82 Å². The van der Waals surface area contributed by atoms with Crippen molar-refractivity contribution < 1.29 is 23.4 Å². The Balaban J connectivity index is 1.50. The van der Waals surface area contributed by atoms with Gasteiger partial charge in [-0.05, 0) is 99.0 Å². The molecule has 5 nitrogen and oxygen atoms in total. The van der Waals surface area contributed by atoms with E-state index in [0.717, 1.165) is 93.8 Å². The van der Waals surface area contributed by atoms with Gasteiger partial charge in [0.1, 0.15) is 22.9 Å². The van der Waals surface area contributed by atoms with Gasteiger partial charge in [0.2, 0.25) is 0 Å². The van der Waals surface area contributed by atoms with E-state index in [1.807, 2.05) is 18.2 Å². The van der Waals surface area contributed by atoms with Crippen molar-refractivity contribution in [3.63, 3.8) is 0 Å². The number of esters is 1. The molecule has 1 aliphatic carbocycles. The molecule has 5 rings (SSSR count). The third-order valence-electron chi connectivity index (χ3n) is 8.73. The Kier molecular flexibility index (Phi) is 8.16. The largest absolute Gasteiger partial charge is 0.483 e. The van der Waals surface area contributed by atoms with Gasteiger partial charge in [-0.1, -0.05) is 32.4 Å². The van der Waals surface area contributed by atoms with Crippen LogP contribution in [-0.2, 0) is 14.9 Å². The highest BCUT2D eigenvalue weighted by molar-refractivity contribution is 5.85. The maximum Gasteiger partial charge on any atom is 0.311 e. The second-order valence-electron chi connectivity index (χ2n) is 11.9. The quantitative estimate of drug-likeness (QED) is 0.254. The average Bonchev–Trinajstić information content (AvgIpc) is 3.40. The lowest BCUT2D eigenvalue weighted by Gasteiger charge is -2.38. The zero-order valence-electron chi connectivity index (χ0n) is 23.9. The number of halogens is 1. The zero-order valence-corrected chi connectivity index (χ0v) is 23.9. The first-order valence-electron chi connectivity index (χ1n) is 14.6. The summed E-state index contributed by atoms with van der Waals surface area (Å²) in [5, 5.41) is 0. The van der Waals surface area contributed by atoms with Gasteiger partial charge in [-0.25, -0.2) is 4.39 Å². The summed E-state index contributed by atoms with van der Waals surface area (Å²) >= 11 is 0. The highest BCUT2D eigenvalue weighted by atomic mass is 19.1. The van der Waals surface area contributed by atoms with E-state index in [9.17, 15) is 9.18 Å². The van der Waals surface area contributed by atoms with Crippen LogP contribution in [0.2, 0.25) is 0 Å². The Labute approximate surface area is 232 Å². The van der Waals surface area contributed by atoms with Gasteiger partial charge >= 0.3 is 5.97 Å². The lowest BCUT2D eigenvalue weighted by Crippen LogP contribution is -2.37. The first kappa shape index (κ1) is 27.9. The Bertz CT molecular complexity index is 1230. The second-order valence-corrected chi connectivity index (χ2v) is 11.9. The standard InChI is InChI=1S/C33H42FNO4/c1-5-15-33(4,23-11-13-25(34)14-12-23)24-21-28(38-30(36)10-7-16-35-17-19-37-20-18-35)31-26-8-6-9-27(26)32(2,3)39-29(31)22-24/h11-14,21-22H,5-10,15-20H2,1-4H3. The number of fused-ring (bicyclic) bond motifs is 2. The number of morpholine rings is 1. The van der Waals surface area contributed by atoms with Gasteiger partial charge < -0.3 is 14.2 Å². The van der Waals surface area contributed by atoms with Crippen molar-refractivity contribution in [2.24, 2.45) is 0 Å². The predicted octanol–water partition coefficient (Wildman–Crippen LogP) is 7.06. The molecule has 0 spiro atoms. The summed E-state index contributed by atoms with van der Waals surface area (Å²) in [6, 6.07) is 10.9. The van der Waals surface area contributed by atoms with Crippen molar-refractivity contribution in [1.29, 1.82) is 0 Å². The molecule has 2 aliphatic heterocycles. The highest BCUT2D eigenvalue weighted by Crippen LogP contribution is 2.53. The summed E-state index contributed by atoms with van der Waals surface area (Å²) in [4.78, 5) is 15.5. The molecule has 0 bridgehead atoms. The van der Waals surface area contributed by atoms with E-state index in [1.54, 1.807) is 0 Å². The summed E-state index contributed by atoms with van der Waals surface area (Å²) in [7, 11) is 0. The van der Waals surface area contributed by atoms with Crippen LogP contribution in [0.25, 0.3) is 5.57 Å². The van der Waals surface area contributed by atoms with Gasteiger partial charge in [-0.2, -0.15) is 0 Å². The predicted molar refractivity (Wildman–Crippen MR) is 152 cm³/mol. The topological polar surface area (TPSA) is 48.0 Å². The molecule has 2 aromatic rings. The van der Waals surface area contributed by atoms with E-state index in [2.05, 4.69) is 38.7 Å². The van der Waals surface area contributed by atoms with Crippen LogP contribution in [0.4, 0.5) is 4.39 Å². The molecule has 0 N–H and O–H groups in total. The van der Waals surface area contributed by atoms with Crippen LogP contribution < -0.4 is 9.47 Å². The van der Waals surface area contributed by atoms with Gasteiger partial charge in [0.15, 0.2) is 0 Å². The molecular weight excluding hydrogens is 493 g/mol. The summed E-state index contributed by atoms with van der Waals surface area (Å²) in [5.41, 5.74) is 4.75. The maximum absolute atomic E-state index is 13.8. The number of rotatable bonds is 9. The number of benzene rings is 2. The normalized spacial score (nSPS) is 20.1. The van der Waals surface area contributed by atoms with E-state index >= 15 is 0 Å². The zero-order chi connectivity index (χ0) is 27.6. The molecule has 1 unspecified atom stereocenters. The first-order chi connectivity index (χ1) is 18.7. The number of hydrogen-bond donors (Lipinski definition) is 0. The maximum atomic E-state index is 13.8. The molecule has 0 amide bonds. The second kappa shape index (κ2) is 11.4. The van der Waals surface area contributed by atoms with Gasteiger partial charge in [0.25, 0.3) is 0 Å². The van der Waals surface area contributed by atoms with Crippen LogP contribution in [0.3, 0.4) is 0 Å². The minimum absolute atomic E-state index is 0.216. The van der Waals surface area contributed by atoms with Crippen LogP contribution in [0.5, 0.6) is 11.5 Å². The number of hydrogen-bond acceptors (Lipinski definition) is 5. The number of allylic oxidation sites excluding steroid dienone is 1. The molecule has 210 valence electrons. The van der Waals surface area contributed by atoms with E-state index in [1.165, 1.54) is 23.3 Å². The Morgan fingerprint density at radius 2 is 1.85 bits per heavy atom. The van der Waals surface area contributed by atoms with Crippen LogP contribution in [0.1, 0.15) is 89.3 Å². The lowest BCUT2D eigenvalue weighted by atomic mass is 9.72. The Morgan fingerprint density at radius 3 is 2.56 bits per heavy atom. The fourth-order valence-electron chi connectivity index (χ4n) is 6.61. The molecule has 39 heavy (non-hydrogen) atoms. The van der Waals surface area contributed by atoms with Crippen LogP contribution in [-0.4, -0.2) is 49.3 Å². The molecule has 0 saturated carbocycles. The van der Waals surface area contributed by atoms with Gasteiger partial charge in [-0.3, -0.25) is 9.69 Å². The van der Waals surface area contributed by atoms with Crippen molar-refractivity contribution in [1.82, 2.24) is 4.90 Å². The fraction of sp³-hybridized carbons (Fsp3) is 0.545. The van der Waals surface area contributed by atoms with E-state index < -0.39 is 11.0 Å². The molecule has 0 radical (unpaired) electrons. The average molecular weight is 536 g/mol. The molecule has 3 aliphatic rings. The summed E-state index contributed by atoms with van der Waals surface area (Å²) in [5.74, 6) is 0.902. The smallest absolute Gasteiger partial charge is 0.311 e. The van der Waals surface area contributed by atoms with Crippen molar-refractivity contribution in [2.45, 2.75) is 83.7 Å². The summed E-state index contributed by atoms with van der Waals surface area (Å²) in [6.07, 6.45) is 5.96. The van der Waals surface area contributed by atoms with Gasteiger partial charge in [0.05, 0.1) is 18.8 Å². The highest BCUT2D eigenvalue weighted by Gasteiger charge is 2.40. The molecule has 6 heteroatoms. The fourth-order valence-corrected chi connectivity index (χ4v) is 6.61. The SMILES string of the molecule is CCCC(C)(c1ccc(F)cc1)c1cc(OC(=O)CCCN2CCOCC2)c2c(c1)OC(C)(C)C1=C2CCC1. The van der Waals surface area contributed by atoms with E-state index in [4.69, 9.17) is 14.2 Å². The molecule has 1 fully saturated rings. The molecule has 2 heterocycles. The molecule has 1 saturated heterocycles. The number of carbonyl (C=O) groups is 1. The van der Waals surface area contributed by atoms with Gasteiger partial charge in [0, 0.05) is 24.9 Å². The number of ether oxygens (including phenoxy) is 3. The van der Waals surface area contributed by atoms with E-state index in [-0.39, 0.29) is 11.8 Å². The van der Waals surface area contributed by atoms with Crippen LogP contribution >= 0.6 is 0 Å². The van der Waals surface area contributed by atoms with Crippen LogP contribution in [0.15, 0.2) is 42.0 Å². The van der Waals surface area contributed by atoms with Crippen molar-refractivity contribution in [3.05, 3.63) is 64.5 Å². The minimum atomic E-state index is -0.409. The molecular formula is C33H42FNO4. The van der Waals surface area contributed by atoms with Crippen molar-refractivity contribution in [3.8, 4) is 11.5 Å². The molecule has 2 aromatic carbocycles. The lowest BCUT2D eigenvalue weighted by molar-refractivity contribution is -0.134. The van der Waals surface area contributed by atoms with Gasteiger partial charge in [-0.15, -0.1) is 0 Å². The van der Waals surface area contributed by atoms with Crippen molar-refractivity contribution in [2.75, 3.05) is 32.8 Å². The Hall–Kier alpha value is -2.70. The van der Waals surface area contributed by atoms with Crippen molar-refractivity contribution >= 4 is 11.5 Å². The summed E-state index contributed by atoms with van der Waals surface area (Å²) in [6.45, 7) is 12.8. The number of nitrogens with zero attached hydrogens (tertiary/aromatic N) is 1. The van der Waals surface area contributed by atoms with E-state index in [0.29, 0.717) is 12.2 Å².